The molecule has 2 heterocycles. The summed E-state index contributed by atoms with van der Waals surface area (Å²) in [5.74, 6) is 0. The van der Waals surface area contributed by atoms with Crippen molar-refractivity contribution in [3.63, 3.8) is 0 Å². The third-order valence-corrected chi connectivity index (χ3v) is 13.2. The average molecular weight is 733 g/mol. The van der Waals surface area contributed by atoms with E-state index in [9.17, 15) is 0 Å². The Hall–Kier alpha value is -6.84. The molecule has 10 aromatic rings. The lowest BCUT2D eigenvalue weighted by Crippen LogP contribution is -2.15. The molecule has 0 N–H and O–H groups in total. The molecule has 0 aliphatic heterocycles. The van der Waals surface area contributed by atoms with Crippen LogP contribution < -0.4 is 4.90 Å². The molecule has 2 aliphatic rings. The normalized spacial score (nSPS) is 14.6. The quantitative estimate of drug-likeness (QED) is 0.180. The van der Waals surface area contributed by atoms with Crippen molar-refractivity contribution in [2.75, 3.05) is 4.90 Å². The van der Waals surface area contributed by atoms with E-state index in [-0.39, 0.29) is 10.8 Å². The Bertz CT molecular complexity index is 3130. The molecule has 3 heteroatoms. The summed E-state index contributed by atoms with van der Waals surface area (Å²) >= 11 is 0. The van der Waals surface area contributed by atoms with Gasteiger partial charge in [0.25, 0.3) is 0 Å². The maximum absolute atomic E-state index is 6.57. The predicted molar refractivity (Wildman–Crippen MR) is 238 cm³/mol. The van der Waals surface area contributed by atoms with Crippen molar-refractivity contribution in [1.82, 2.24) is 4.57 Å². The maximum Gasteiger partial charge on any atom is 0.135 e. The summed E-state index contributed by atoms with van der Waals surface area (Å²) in [5, 5.41) is 4.75. The maximum atomic E-state index is 6.57. The Morgan fingerprint density at radius 3 is 1.40 bits per heavy atom. The largest absolute Gasteiger partial charge is 0.456 e. The molecule has 12 rings (SSSR count). The van der Waals surface area contributed by atoms with Gasteiger partial charge in [0.05, 0.1) is 11.0 Å². The minimum Gasteiger partial charge on any atom is -0.456 e. The molecule has 0 unspecified atom stereocenters. The zero-order chi connectivity index (χ0) is 38.2. The van der Waals surface area contributed by atoms with Crippen molar-refractivity contribution >= 4 is 60.8 Å². The first-order valence-electron chi connectivity index (χ1n) is 20.0. The highest BCUT2D eigenvalue weighted by Gasteiger charge is 2.38. The van der Waals surface area contributed by atoms with Crippen LogP contribution in [0.5, 0.6) is 0 Å². The molecule has 0 spiro atoms. The van der Waals surface area contributed by atoms with E-state index in [1.807, 2.05) is 0 Å². The van der Waals surface area contributed by atoms with Crippen LogP contribution in [0.1, 0.15) is 49.9 Å². The number of aromatic nitrogens is 1. The molecule has 8 aromatic carbocycles. The molecule has 57 heavy (non-hydrogen) atoms. The van der Waals surface area contributed by atoms with E-state index < -0.39 is 0 Å². The molecular formula is C54H40N2O. The van der Waals surface area contributed by atoms with Crippen molar-refractivity contribution < 1.29 is 4.42 Å². The molecule has 2 aromatic heterocycles. The van der Waals surface area contributed by atoms with Gasteiger partial charge in [-0.3, -0.25) is 0 Å². The van der Waals surface area contributed by atoms with Crippen molar-refractivity contribution in [2.24, 2.45) is 0 Å². The standard InChI is InChI=1S/C54H40N2O/c1-53(2)45-21-13-11-19-37(45)39-29-41-42-30-40-38-20-12-14-22-46(38)54(3,4)48(40)32-50(42)56(49(41)31-47(39)53)36-24-26-52-44(28-36)43-27-35(23-25-51(43)57-52)55(33-15-7-5-8-16-33)34-17-9-6-10-18-34/h5-32H,1-4H3. The van der Waals surface area contributed by atoms with Crippen molar-refractivity contribution in [3.05, 3.63) is 192 Å². The molecule has 0 fully saturated rings. The lowest BCUT2D eigenvalue weighted by Gasteiger charge is -2.25. The van der Waals surface area contributed by atoms with Crippen LogP contribution in [0, 0.1) is 0 Å². The van der Waals surface area contributed by atoms with Crippen LogP contribution >= 0.6 is 0 Å². The van der Waals surface area contributed by atoms with Crippen LogP contribution in [0.25, 0.3) is 71.7 Å². The van der Waals surface area contributed by atoms with Crippen LogP contribution in [0.15, 0.2) is 174 Å². The van der Waals surface area contributed by atoms with Gasteiger partial charge in [-0.15, -0.1) is 0 Å². The van der Waals surface area contributed by atoms with Gasteiger partial charge in [0, 0.05) is 55.1 Å². The SMILES string of the molecule is CC1(C)c2ccccc2-c2cc3c4cc5c(cc4n(-c4ccc6oc7ccc(N(c8ccccc8)c8ccccc8)cc7c6c4)c3cc21)C(C)(C)c1ccccc1-5. The van der Waals surface area contributed by atoms with Gasteiger partial charge in [-0.1, -0.05) is 113 Å². The number of para-hydroxylation sites is 2. The van der Waals surface area contributed by atoms with Gasteiger partial charge in [-0.2, -0.15) is 0 Å². The van der Waals surface area contributed by atoms with E-state index in [2.05, 4.69) is 207 Å². The zero-order valence-electron chi connectivity index (χ0n) is 32.5. The molecule has 0 saturated heterocycles. The fraction of sp³-hybridized carbons (Fsp3) is 0.111. The number of rotatable bonds is 4. The first-order valence-corrected chi connectivity index (χ1v) is 20.0. The minimum absolute atomic E-state index is 0.116. The Morgan fingerprint density at radius 2 is 0.860 bits per heavy atom. The summed E-state index contributed by atoms with van der Waals surface area (Å²) in [6.45, 7) is 9.50. The second-order valence-electron chi connectivity index (χ2n) is 17.0. The third kappa shape index (κ3) is 4.43. The average Bonchev–Trinajstić information content (AvgIpc) is 3.90. The van der Waals surface area contributed by atoms with Crippen molar-refractivity contribution in [1.29, 1.82) is 0 Å². The first kappa shape index (κ1) is 32.4. The van der Waals surface area contributed by atoms with Crippen molar-refractivity contribution in [3.8, 4) is 27.9 Å². The van der Waals surface area contributed by atoms with Gasteiger partial charge in [0.2, 0.25) is 0 Å². The number of benzene rings is 8. The molecular weight excluding hydrogens is 693 g/mol. The number of anilines is 3. The zero-order valence-corrected chi connectivity index (χ0v) is 32.5. The topological polar surface area (TPSA) is 21.3 Å². The van der Waals surface area contributed by atoms with Gasteiger partial charge in [-0.05, 0) is 129 Å². The Kier molecular flexibility index (Phi) is 6.46. The van der Waals surface area contributed by atoms with E-state index >= 15 is 0 Å². The van der Waals surface area contributed by atoms with E-state index in [1.54, 1.807) is 0 Å². The van der Waals surface area contributed by atoms with Gasteiger partial charge in [0.15, 0.2) is 0 Å². The third-order valence-electron chi connectivity index (χ3n) is 13.2. The lowest BCUT2D eigenvalue weighted by molar-refractivity contribution is 0.660. The molecule has 0 bridgehead atoms. The van der Waals surface area contributed by atoms with Crippen LogP contribution in [-0.2, 0) is 10.8 Å². The second kappa shape index (κ2) is 11.4. The monoisotopic (exact) mass is 732 g/mol. The Morgan fingerprint density at radius 1 is 0.386 bits per heavy atom. The molecule has 2 aliphatic carbocycles. The minimum atomic E-state index is -0.116. The predicted octanol–water partition coefficient (Wildman–Crippen LogP) is 14.8. The summed E-state index contributed by atoms with van der Waals surface area (Å²) in [7, 11) is 0. The fourth-order valence-corrected chi connectivity index (χ4v) is 10.3. The number of hydrogen-bond acceptors (Lipinski definition) is 2. The fourth-order valence-electron chi connectivity index (χ4n) is 10.3. The summed E-state index contributed by atoms with van der Waals surface area (Å²) in [6, 6.07) is 62.4. The van der Waals surface area contributed by atoms with Gasteiger partial charge in [0.1, 0.15) is 11.2 Å². The lowest BCUT2D eigenvalue weighted by atomic mass is 9.82. The van der Waals surface area contributed by atoms with Gasteiger partial charge in [-0.25, -0.2) is 0 Å². The Balaban J connectivity index is 1.13. The van der Waals surface area contributed by atoms with Crippen LogP contribution in [0.4, 0.5) is 17.1 Å². The van der Waals surface area contributed by atoms with E-state index in [0.29, 0.717) is 0 Å². The summed E-state index contributed by atoms with van der Waals surface area (Å²) in [4.78, 5) is 2.32. The van der Waals surface area contributed by atoms with Gasteiger partial charge < -0.3 is 13.9 Å². The highest BCUT2D eigenvalue weighted by molar-refractivity contribution is 6.14. The van der Waals surface area contributed by atoms with Gasteiger partial charge >= 0.3 is 0 Å². The van der Waals surface area contributed by atoms with Crippen molar-refractivity contribution in [2.45, 2.75) is 38.5 Å². The Labute approximate surface area is 332 Å². The van der Waals surface area contributed by atoms with Crippen LogP contribution in [0.2, 0.25) is 0 Å². The first-order chi connectivity index (χ1) is 27.8. The van der Waals surface area contributed by atoms with E-state index in [4.69, 9.17) is 4.42 Å². The number of furan rings is 1. The highest BCUT2D eigenvalue weighted by Crippen LogP contribution is 2.54. The van der Waals surface area contributed by atoms with Crippen LogP contribution in [-0.4, -0.2) is 4.57 Å². The molecule has 272 valence electrons. The summed E-state index contributed by atoms with van der Waals surface area (Å²) < 4.78 is 9.08. The number of nitrogens with zero attached hydrogens (tertiary/aromatic N) is 2. The molecule has 0 saturated carbocycles. The molecule has 0 atom stereocenters. The molecule has 0 radical (unpaired) electrons. The number of hydrogen-bond donors (Lipinski definition) is 0. The molecule has 3 nitrogen and oxygen atoms in total. The van der Waals surface area contributed by atoms with E-state index in [0.717, 1.165) is 44.7 Å². The summed E-state index contributed by atoms with van der Waals surface area (Å²) in [6.07, 6.45) is 0. The second-order valence-corrected chi connectivity index (χ2v) is 17.0. The molecule has 0 amide bonds. The van der Waals surface area contributed by atoms with Crippen LogP contribution in [0.3, 0.4) is 0 Å². The smallest absolute Gasteiger partial charge is 0.135 e. The highest BCUT2D eigenvalue weighted by atomic mass is 16.3. The number of fused-ring (bicyclic) bond motifs is 12. The summed E-state index contributed by atoms with van der Waals surface area (Å²) in [5.41, 5.74) is 19.3. The van der Waals surface area contributed by atoms with E-state index in [1.165, 1.54) is 66.3 Å².